The van der Waals surface area contributed by atoms with E-state index in [1.165, 1.54) is 6.42 Å². The molecule has 0 bridgehead atoms. The zero-order valence-electron chi connectivity index (χ0n) is 10.1. The van der Waals surface area contributed by atoms with Crippen molar-refractivity contribution in [1.82, 2.24) is 0 Å². The average Bonchev–Trinajstić information content (AvgIpc) is 1.96. The maximum Gasteiger partial charge on any atom is -0.00642 e. The van der Waals surface area contributed by atoms with Gasteiger partial charge in [-0.3, -0.25) is 0 Å². The minimum absolute atomic E-state index is 0.423. The molecule has 0 saturated heterocycles. The van der Waals surface area contributed by atoms with Crippen LogP contribution in [0.5, 0.6) is 0 Å². The molecule has 0 heterocycles. The molecule has 0 aromatic heterocycles. The fraction of sp³-hybridized carbons (Fsp3) is 1.00. The van der Waals surface area contributed by atoms with E-state index in [1.54, 1.807) is 0 Å². The summed E-state index contributed by atoms with van der Waals surface area (Å²) in [4.78, 5) is 0. The van der Waals surface area contributed by atoms with E-state index < -0.39 is 0 Å². The minimum atomic E-state index is 0.423. The second-order valence-corrected chi connectivity index (χ2v) is 5.84. The van der Waals surface area contributed by atoms with Crippen molar-refractivity contribution in [2.24, 2.45) is 23.2 Å². The van der Waals surface area contributed by atoms with E-state index in [0.29, 0.717) is 5.41 Å². The Morgan fingerprint density at radius 2 is 1.62 bits per heavy atom. The van der Waals surface area contributed by atoms with Crippen LogP contribution in [-0.4, -0.2) is 5.75 Å². The predicted octanol–water partition coefficient (Wildman–Crippen LogP) is 4.26. The van der Waals surface area contributed by atoms with Gasteiger partial charge in [0.1, 0.15) is 0 Å². The summed E-state index contributed by atoms with van der Waals surface area (Å²) in [5.74, 6) is 3.33. The first-order chi connectivity index (χ1) is 5.84. The summed E-state index contributed by atoms with van der Waals surface area (Å²) < 4.78 is 0. The molecule has 0 rings (SSSR count). The minimum Gasteiger partial charge on any atom is -0.179 e. The summed E-state index contributed by atoms with van der Waals surface area (Å²) >= 11 is 4.48. The monoisotopic (exact) mass is 202 g/mol. The Hall–Kier alpha value is 0.350. The summed E-state index contributed by atoms with van der Waals surface area (Å²) in [5, 5.41) is 0. The van der Waals surface area contributed by atoms with E-state index in [0.717, 1.165) is 23.5 Å². The Bertz CT molecular complexity index is 133. The molecular weight excluding hydrogens is 176 g/mol. The lowest BCUT2D eigenvalue weighted by Crippen LogP contribution is -2.32. The van der Waals surface area contributed by atoms with Crippen LogP contribution in [0, 0.1) is 23.2 Å². The van der Waals surface area contributed by atoms with Crippen LogP contribution in [0.25, 0.3) is 0 Å². The zero-order valence-corrected chi connectivity index (χ0v) is 11.0. The highest BCUT2D eigenvalue weighted by molar-refractivity contribution is 7.80. The van der Waals surface area contributed by atoms with E-state index in [1.807, 2.05) is 0 Å². The fourth-order valence-electron chi connectivity index (χ4n) is 2.36. The van der Waals surface area contributed by atoms with Crippen molar-refractivity contribution >= 4 is 12.6 Å². The molecule has 0 aliphatic rings. The number of hydrogen-bond acceptors (Lipinski definition) is 1. The van der Waals surface area contributed by atoms with Crippen LogP contribution in [0.1, 0.15) is 48.0 Å². The quantitative estimate of drug-likeness (QED) is 0.647. The Morgan fingerprint density at radius 1 is 1.15 bits per heavy atom. The smallest absolute Gasteiger partial charge is 0.00642 e. The van der Waals surface area contributed by atoms with E-state index in [4.69, 9.17) is 0 Å². The van der Waals surface area contributed by atoms with Crippen molar-refractivity contribution in [3.63, 3.8) is 0 Å². The van der Waals surface area contributed by atoms with E-state index >= 15 is 0 Å². The lowest BCUT2D eigenvalue weighted by atomic mass is 9.69. The topological polar surface area (TPSA) is 0 Å². The van der Waals surface area contributed by atoms with Crippen LogP contribution in [0.2, 0.25) is 0 Å². The maximum absolute atomic E-state index is 4.48. The maximum atomic E-state index is 4.48. The van der Waals surface area contributed by atoms with Gasteiger partial charge in [-0.2, -0.15) is 12.6 Å². The van der Waals surface area contributed by atoms with Gasteiger partial charge in [0.05, 0.1) is 0 Å². The van der Waals surface area contributed by atoms with Crippen LogP contribution >= 0.6 is 12.6 Å². The Labute approximate surface area is 89.9 Å². The van der Waals surface area contributed by atoms with Gasteiger partial charge in [0.25, 0.3) is 0 Å². The van der Waals surface area contributed by atoms with E-state index in [2.05, 4.69) is 54.2 Å². The van der Waals surface area contributed by atoms with Gasteiger partial charge < -0.3 is 0 Å². The molecule has 0 aromatic carbocycles. The molecule has 0 aliphatic carbocycles. The van der Waals surface area contributed by atoms with Crippen LogP contribution in [0.3, 0.4) is 0 Å². The predicted molar refractivity (Wildman–Crippen MR) is 65.4 cm³/mol. The van der Waals surface area contributed by atoms with Gasteiger partial charge in [-0.15, -0.1) is 0 Å². The average molecular weight is 202 g/mol. The summed E-state index contributed by atoms with van der Waals surface area (Å²) in [6.07, 6.45) is 1.27. The normalized spacial score (nSPS) is 17.5. The molecule has 2 unspecified atom stereocenters. The molecule has 0 fully saturated rings. The lowest BCUT2D eigenvalue weighted by molar-refractivity contribution is 0.133. The second-order valence-electron chi connectivity index (χ2n) is 5.47. The van der Waals surface area contributed by atoms with Crippen molar-refractivity contribution in [2.45, 2.75) is 48.0 Å². The van der Waals surface area contributed by atoms with Gasteiger partial charge in [0.15, 0.2) is 0 Å². The molecule has 2 atom stereocenters. The van der Waals surface area contributed by atoms with Crippen LogP contribution in [0.4, 0.5) is 0 Å². The molecule has 0 nitrogen and oxygen atoms in total. The number of rotatable bonds is 4. The first kappa shape index (κ1) is 13.4. The summed E-state index contributed by atoms with van der Waals surface area (Å²) in [6.45, 7) is 14.0. The Kier molecular flexibility index (Phi) is 5.43. The van der Waals surface area contributed by atoms with E-state index in [9.17, 15) is 0 Å². The third kappa shape index (κ3) is 3.93. The first-order valence-corrected chi connectivity index (χ1v) is 6.08. The third-order valence-corrected chi connectivity index (χ3v) is 3.56. The van der Waals surface area contributed by atoms with Crippen molar-refractivity contribution in [3.05, 3.63) is 0 Å². The largest absolute Gasteiger partial charge is 0.179 e. The molecule has 0 saturated carbocycles. The molecule has 0 amide bonds. The van der Waals surface area contributed by atoms with Gasteiger partial charge in [-0.25, -0.2) is 0 Å². The molecular formula is C12H26S. The molecule has 80 valence electrons. The Morgan fingerprint density at radius 3 is 1.69 bits per heavy atom. The van der Waals surface area contributed by atoms with Crippen molar-refractivity contribution < 1.29 is 0 Å². The third-order valence-electron chi connectivity index (χ3n) is 3.14. The number of thiol groups is 1. The molecule has 0 spiro atoms. The molecule has 0 aliphatic heterocycles. The molecule has 13 heavy (non-hydrogen) atoms. The second kappa shape index (κ2) is 5.29. The van der Waals surface area contributed by atoms with Crippen LogP contribution < -0.4 is 0 Å². The highest BCUT2D eigenvalue weighted by Crippen LogP contribution is 2.38. The molecule has 0 aromatic rings. The summed E-state index contributed by atoms with van der Waals surface area (Å²) in [6, 6.07) is 0. The van der Waals surface area contributed by atoms with Gasteiger partial charge in [-0.05, 0) is 28.9 Å². The van der Waals surface area contributed by atoms with Crippen LogP contribution in [0.15, 0.2) is 0 Å². The van der Waals surface area contributed by atoms with Gasteiger partial charge in [0, 0.05) is 0 Å². The fourth-order valence-corrected chi connectivity index (χ4v) is 3.04. The van der Waals surface area contributed by atoms with E-state index in [-0.39, 0.29) is 0 Å². The van der Waals surface area contributed by atoms with Gasteiger partial charge in [-0.1, -0.05) is 48.0 Å². The molecule has 1 heteroatoms. The van der Waals surface area contributed by atoms with Gasteiger partial charge >= 0.3 is 0 Å². The molecule has 0 radical (unpaired) electrons. The SMILES string of the molecule is CCC(C(CS)C(C)C)C(C)(C)C. The summed E-state index contributed by atoms with van der Waals surface area (Å²) in [5.41, 5.74) is 0.423. The van der Waals surface area contributed by atoms with Crippen molar-refractivity contribution in [3.8, 4) is 0 Å². The highest BCUT2D eigenvalue weighted by Gasteiger charge is 2.31. The Balaban J connectivity index is 4.53. The lowest BCUT2D eigenvalue weighted by Gasteiger charge is -2.38. The first-order valence-electron chi connectivity index (χ1n) is 5.45. The van der Waals surface area contributed by atoms with Gasteiger partial charge in [0.2, 0.25) is 0 Å². The molecule has 0 N–H and O–H groups in total. The van der Waals surface area contributed by atoms with Crippen LogP contribution in [-0.2, 0) is 0 Å². The summed E-state index contributed by atoms with van der Waals surface area (Å²) in [7, 11) is 0. The zero-order chi connectivity index (χ0) is 10.6. The standard InChI is InChI=1S/C12H26S/c1-7-11(12(4,5)6)10(8-13)9(2)3/h9-11,13H,7-8H2,1-6H3. The van der Waals surface area contributed by atoms with Crippen molar-refractivity contribution in [2.75, 3.05) is 5.75 Å². The highest BCUT2D eigenvalue weighted by atomic mass is 32.1. The van der Waals surface area contributed by atoms with Crippen molar-refractivity contribution in [1.29, 1.82) is 0 Å². The number of hydrogen-bond donors (Lipinski definition) is 1.